The summed E-state index contributed by atoms with van der Waals surface area (Å²) in [6, 6.07) is 19.2. The van der Waals surface area contributed by atoms with E-state index in [-0.39, 0.29) is 22.8 Å². The van der Waals surface area contributed by atoms with E-state index in [1.54, 1.807) is 54.6 Å². The molecular formula is C31H31F3N6O8S. The fraction of sp³-hybridized carbons (Fsp3) is 0.258. The largest absolute Gasteiger partial charge is 0.569 e. The van der Waals surface area contributed by atoms with Gasteiger partial charge in [-0.25, -0.2) is 22.6 Å². The Balaban J connectivity index is 1.59. The number of hydrogen-bond acceptors (Lipinski definition) is 10. The summed E-state index contributed by atoms with van der Waals surface area (Å²) in [6.07, 6.45) is -7.34. The van der Waals surface area contributed by atoms with Crippen LogP contribution in [0.2, 0.25) is 0 Å². The van der Waals surface area contributed by atoms with Crippen LogP contribution >= 0.6 is 0 Å². The molecular weight excluding hydrogens is 673 g/mol. The van der Waals surface area contributed by atoms with Crippen molar-refractivity contribution in [1.29, 1.82) is 0 Å². The van der Waals surface area contributed by atoms with E-state index in [0.29, 0.717) is 11.1 Å². The summed E-state index contributed by atoms with van der Waals surface area (Å²) in [4.78, 5) is 29.0. The van der Waals surface area contributed by atoms with Gasteiger partial charge in [-0.2, -0.15) is 18.3 Å². The van der Waals surface area contributed by atoms with Gasteiger partial charge in [0.1, 0.15) is 0 Å². The Morgan fingerprint density at radius 1 is 1.06 bits per heavy atom. The summed E-state index contributed by atoms with van der Waals surface area (Å²) >= 11 is 0. The third-order valence-electron chi connectivity index (χ3n) is 6.96. The zero-order valence-corrected chi connectivity index (χ0v) is 27.3. The molecule has 1 N–H and O–H groups in total. The van der Waals surface area contributed by atoms with Crippen LogP contribution < -0.4 is 4.72 Å². The van der Waals surface area contributed by atoms with Gasteiger partial charge in [-0.15, -0.1) is 5.01 Å². The first-order valence-electron chi connectivity index (χ1n) is 14.4. The third kappa shape index (κ3) is 9.25. The molecule has 260 valence electrons. The molecule has 1 heterocycles. The van der Waals surface area contributed by atoms with Gasteiger partial charge in [0.15, 0.2) is 11.7 Å². The monoisotopic (exact) mass is 704 g/mol. The lowest BCUT2D eigenvalue weighted by molar-refractivity contribution is -0.712. The minimum absolute atomic E-state index is 0.117. The lowest BCUT2D eigenvalue weighted by Gasteiger charge is -2.23. The molecule has 0 spiro atoms. The summed E-state index contributed by atoms with van der Waals surface area (Å²) < 4.78 is 79.4. The first-order chi connectivity index (χ1) is 23.1. The molecule has 0 aliphatic heterocycles. The Labute approximate surface area is 278 Å². The molecule has 0 aliphatic rings. The number of benzene rings is 3. The molecule has 18 heteroatoms. The number of ether oxygens (including phenoxy) is 2. The SMILES string of the molecule is COC(=O)OC(C)ON=[N+]([O-])N(C)[C@@H](Cc1ccccc1)C(=O)NS(=O)(=O)c1ccc(-n2nc(C(F)(F)F)cc2-c2ccc(C)cc2)cc1. The molecule has 1 amide bonds. The maximum absolute atomic E-state index is 13.6. The first kappa shape index (κ1) is 36.2. The van der Waals surface area contributed by atoms with Crippen LogP contribution in [-0.2, 0) is 41.7 Å². The highest BCUT2D eigenvalue weighted by Crippen LogP contribution is 2.33. The zero-order chi connectivity index (χ0) is 35.9. The molecule has 49 heavy (non-hydrogen) atoms. The fourth-order valence-corrected chi connectivity index (χ4v) is 5.41. The lowest BCUT2D eigenvalue weighted by Crippen LogP contribution is -2.50. The molecule has 4 aromatic rings. The van der Waals surface area contributed by atoms with Crippen molar-refractivity contribution in [3.63, 3.8) is 0 Å². The van der Waals surface area contributed by atoms with E-state index in [9.17, 15) is 36.4 Å². The quantitative estimate of drug-likeness (QED) is 0.0685. The minimum Gasteiger partial charge on any atom is -0.569 e. The number of nitrogens with one attached hydrogen (secondary N) is 1. The van der Waals surface area contributed by atoms with Crippen molar-refractivity contribution in [2.45, 2.75) is 43.7 Å². The normalized spacial score (nSPS) is 13.2. The molecule has 0 fully saturated rings. The number of halogens is 3. The average Bonchev–Trinajstić information content (AvgIpc) is 3.53. The molecule has 0 saturated carbocycles. The number of alkyl halides is 3. The molecule has 0 radical (unpaired) electrons. The van der Waals surface area contributed by atoms with Crippen molar-refractivity contribution < 1.29 is 50.5 Å². The van der Waals surface area contributed by atoms with Crippen molar-refractivity contribution in [2.24, 2.45) is 5.28 Å². The highest BCUT2D eigenvalue weighted by Gasteiger charge is 2.36. The van der Waals surface area contributed by atoms with E-state index in [1.807, 2.05) is 11.6 Å². The van der Waals surface area contributed by atoms with Crippen LogP contribution in [-0.4, -0.2) is 66.7 Å². The van der Waals surface area contributed by atoms with Crippen LogP contribution in [0.3, 0.4) is 0 Å². The first-order valence-corrected chi connectivity index (χ1v) is 15.8. The Morgan fingerprint density at radius 3 is 2.29 bits per heavy atom. The number of carbonyl (C=O) groups excluding carboxylic acids is 2. The molecule has 1 aromatic heterocycles. The summed E-state index contributed by atoms with van der Waals surface area (Å²) in [5.74, 6) is -1.12. The number of aromatic nitrogens is 2. The third-order valence-corrected chi connectivity index (χ3v) is 8.33. The van der Waals surface area contributed by atoms with Crippen molar-refractivity contribution >= 4 is 22.1 Å². The Morgan fingerprint density at radius 2 is 1.69 bits per heavy atom. The van der Waals surface area contributed by atoms with Gasteiger partial charge in [0, 0.05) is 18.9 Å². The highest BCUT2D eigenvalue weighted by molar-refractivity contribution is 7.90. The summed E-state index contributed by atoms with van der Waals surface area (Å²) in [6.45, 7) is 3.07. The number of hydrazine groups is 1. The highest BCUT2D eigenvalue weighted by atomic mass is 32.2. The van der Waals surface area contributed by atoms with Crippen LogP contribution in [0, 0.1) is 12.1 Å². The van der Waals surface area contributed by atoms with Gasteiger partial charge < -0.3 is 14.7 Å². The Hall–Kier alpha value is -5.65. The molecule has 0 saturated heterocycles. The predicted octanol–water partition coefficient (Wildman–Crippen LogP) is 5.15. The molecule has 4 rings (SSSR count). The molecule has 3 aromatic carbocycles. The van der Waals surface area contributed by atoms with Gasteiger partial charge in [0.2, 0.25) is 5.28 Å². The number of methoxy groups -OCH3 is 1. The van der Waals surface area contributed by atoms with Gasteiger partial charge >= 0.3 is 12.3 Å². The van der Waals surface area contributed by atoms with Crippen LogP contribution in [0.25, 0.3) is 16.9 Å². The van der Waals surface area contributed by atoms with Crippen molar-refractivity contribution in [3.8, 4) is 16.9 Å². The number of amides is 1. The maximum Gasteiger partial charge on any atom is 0.511 e. The molecule has 2 atom stereocenters. The van der Waals surface area contributed by atoms with Crippen LogP contribution in [0.1, 0.15) is 23.7 Å². The van der Waals surface area contributed by atoms with Gasteiger partial charge in [0.25, 0.3) is 22.2 Å². The van der Waals surface area contributed by atoms with Gasteiger partial charge in [0.05, 0.1) is 35.4 Å². The van der Waals surface area contributed by atoms with E-state index < -0.39 is 51.2 Å². The lowest BCUT2D eigenvalue weighted by atomic mass is 10.1. The van der Waals surface area contributed by atoms with Gasteiger partial charge in [-0.1, -0.05) is 60.2 Å². The number of likely N-dealkylation sites (N-methyl/N-ethyl adjacent to an activating group) is 1. The van der Waals surface area contributed by atoms with E-state index in [0.717, 1.165) is 47.6 Å². The molecule has 14 nitrogen and oxygen atoms in total. The molecule has 0 aliphatic carbocycles. The summed E-state index contributed by atoms with van der Waals surface area (Å²) in [5.41, 5.74) is 0.995. The number of carbonyl (C=O) groups is 2. The number of sulfonamides is 1. The number of hydrogen-bond donors (Lipinski definition) is 1. The fourth-order valence-electron chi connectivity index (χ4n) is 4.39. The van der Waals surface area contributed by atoms with Crippen LogP contribution in [0.15, 0.2) is 95.1 Å². The van der Waals surface area contributed by atoms with Crippen LogP contribution in [0.4, 0.5) is 18.0 Å². The second kappa shape index (κ2) is 15.1. The molecule has 0 bridgehead atoms. The Bertz CT molecular complexity index is 1900. The number of rotatable bonds is 12. The van der Waals surface area contributed by atoms with E-state index in [2.05, 4.69) is 19.8 Å². The standard InChI is InChI=1S/C31H31F3N6O8S/c1-20-10-12-23(13-11-20)26-19-28(31(32,33)34)35-39(26)24-14-16-25(17-15-24)49(44,45)36-29(41)27(18-22-8-6-5-7-9-22)38(3)40(43)37-48-21(2)47-30(42)46-4/h5-17,19,21,27H,18H2,1-4H3,(H,36,41)/t21?,27-/m0/s1. The zero-order valence-electron chi connectivity index (χ0n) is 26.5. The van der Waals surface area contributed by atoms with Crippen molar-refractivity contribution in [2.75, 3.05) is 14.2 Å². The summed E-state index contributed by atoms with van der Waals surface area (Å²) in [5, 5.41) is 20.5. The predicted molar refractivity (Wildman–Crippen MR) is 166 cm³/mol. The molecule has 1 unspecified atom stereocenters. The van der Waals surface area contributed by atoms with Gasteiger partial charge in [-0.3, -0.25) is 9.63 Å². The minimum atomic E-state index is -4.74. The van der Waals surface area contributed by atoms with E-state index in [1.165, 1.54) is 19.1 Å². The smallest absolute Gasteiger partial charge is 0.511 e. The topological polar surface area (TPSA) is 167 Å². The van der Waals surface area contributed by atoms with Crippen molar-refractivity contribution in [1.82, 2.24) is 19.5 Å². The second-order valence-electron chi connectivity index (χ2n) is 10.5. The average molecular weight is 705 g/mol. The van der Waals surface area contributed by atoms with Crippen LogP contribution in [0.5, 0.6) is 0 Å². The van der Waals surface area contributed by atoms with Crippen molar-refractivity contribution in [3.05, 3.63) is 107 Å². The summed E-state index contributed by atoms with van der Waals surface area (Å²) in [7, 11) is -2.35. The van der Waals surface area contributed by atoms with E-state index in [4.69, 9.17) is 4.84 Å². The number of aryl methyl sites for hydroxylation is 1. The second-order valence-corrected chi connectivity index (χ2v) is 12.2. The Kier molecular flexibility index (Phi) is 11.1. The maximum atomic E-state index is 13.6. The number of nitrogens with zero attached hydrogens (tertiary/aromatic N) is 5. The van der Waals surface area contributed by atoms with E-state index >= 15 is 0 Å². The van der Waals surface area contributed by atoms with Gasteiger partial charge in [-0.05, 0) is 42.8 Å².